The molecular formula is C22H18BrF2NO. The van der Waals surface area contributed by atoms with Gasteiger partial charge in [0.1, 0.15) is 17.4 Å². The van der Waals surface area contributed by atoms with E-state index < -0.39 is 17.7 Å². The number of hydrogen-bond acceptors (Lipinski definition) is 2. The molecule has 1 N–H and O–H groups in total. The van der Waals surface area contributed by atoms with E-state index in [2.05, 4.69) is 20.8 Å². The molecule has 0 saturated carbocycles. The summed E-state index contributed by atoms with van der Waals surface area (Å²) in [5.41, 5.74) is 2.62. The first-order chi connectivity index (χ1) is 13.0. The van der Waals surface area contributed by atoms with Crippen LogP contribution in [0.4, 0.5) is 14.5 Å². The maximum atomic E-state index is 14.9. The highest BCUT2D eigenvalue weighted by Crippen LogP contribution is 2.43. The Balaban J connectivity index is 1.98. The Morgan fingerprint density at radius 2 is 1.67 bits per heavy atom. The summed E-state index contributed by atoms with van der Waals surface area (Å²) < 4.78 is 30.2. The van der Waals surface area contributed by atoms with Crippen molar-refractivity contribution in [2.24, 2.45) is 0 Å². The van der Waals surface area contributed by atoms with Crippen LogP contribution in [0.15, 0.2) is 65.1 Å². The van der Waals surface area contributed by atoms with Crippen LogP contribution in [0.1, 0.15) is 29.7 Å². The van der Waals surface area contributed by atoms with Crippen molar-refractivity contribution >= 4 is 21.6 Å². The van der Waals surface area contributed by atoms with E-state index in [1.165, 1.54) is 12.1 Å². The first kappa shape index (κ1) is 18.0. The van der Waals surface area contributed by atoms with Crippen molar-refractivity contribution in [1.29, 1.82) is 0 Å². The van der Waals surface area contributed by atoms with Gasteiger partial charge in [0.15, 0.2) is 0 Å². The zero-order chi connectivity index (χ0) is 19.1. The highest BCUT2D eigenvalue weighted by atomic mass is 79.9. The lowest BCUT2D eigenvalue weighted by atomic mass is 9.84. The minimum absolute atomic E-state index is 0.00542. The van der Waals surface area contributed by atoms with Crippen molar-refractivity contribution < 1.29 is 13.9 Å². The van der Waals surface area contributed by atoms with Crippen molar-refractivity contribution in [3.8, 4) is 5.75 Å². The van der Waals surface area contributed by atoms with Crippen molar-refractivity contribution in [3.63, 3.8) is 0 Å². The molecule has 138 valence electrons. The Morgan fingerprint density at radius 3 is 2.33 bits per heavy atom. The van der Waals surface area contributed by atoms with E-state index in [0.29, 0.717) is 10.9 Å². The van der Waals surface area contributed by atoms with E-state index in [1.807, 2.05) is 37.3 Å². The molecule has 1 unspecified atom stereocenters. The molecule has 0 saturated heterocycles. The molecule has 0 radical (unpaired) electrons. The van der Waals surface area contributed by atoms with Crippen LogP contribution in [-0.4, -0.2) is 11.1 Å². The average molecular weight is 430 g/mol. The lowest BCUT2D eigenvalue weighted by Gasteiger charge is -2.44. The Labute approximate surface area is 165 Å². The van der Waals surface area contributed by atoms with Gasteiger partial charge in [-0.2, -0.15) is 0 Å². The number of phenols is 1. The first-order valence-electron chi connectivity index (χ1n) is 8.75. The first-order valence-corrected chi connectivity index (χ1v) is 9.54. The van der Waals surface area contributed by atoms with Gasteiger partial charge in [-0.15, -0.1) is 0 Å². The Morgan fingerprint density at radius 1 is 1.00 bits per heavy atom. The van der Waals surface area contributed by atoms with E-state index in [4.69, 9.17) is 0 Å². The standard InChI is InChI=1S/C22H18BrF2NO/c1-13-9-14-10-17(27)7-8-18(14)22(26(13)16-5-3-2-4-6-16)21-19(24)11-15(23)12-20(21)25/h2-8,10-13,22,27H,9H2,1H3/t13?,22-/m1/s1. The fourth-order valence-corrected chi connectivity index (χ4v) is 4.37. The van der Waals surface area contributed by atoms with Gasteiger partial charge >= 0.3 is 0 Å². The van der Waals surface area contributed by atoms with Gasteiger partial charge in [-0.25, -0.2) is 8.78 Å². The number of phenolic OH excluding ortho intramolecular Hbond substituents is 1. The smallest absolute Gasteiger partial charge is 0.132 e. The van der Waals surface area contributed by atoms with Crippen LogP contribution < -0.4 is 4.90 Å². The molecule has 0 aromatic heterocycles. The number of fused-ring (bicyclic) bond motifs is 1. The fraction of sp³-hybridized carbons (Fsp3) is 0.182. The van der Waals surface area contributed by atoms with Gasteiger partial charge < -0.3 is 10.0 Å². The molecule has 0 amide bonds. The molecule has 1 aliphatic heterocycles. The van der Waals surface area contributed by atoms with Gasteiger partial charge in [-0.05, 0) is 60.9 Å². The molecule has 0 fully saturated rings. The van der Waals surface area contributed by atoms with Crippen molar-refractivity contribution in [2.45, 2.75) is 25.4 Å². The second-order valence-corrected chi connectivity index (χ2v) is 7.78. The van der Waals surface area contributed by atoms with Crippen molar-refractivity contribution in [3.05, 3.63) is 93.5 Å². The molecule has 27 heavy (non-hydrogen) atoms. The minimum Gasteiger partial charge on any atom is -0.508 e. The molecule has 1 heterocycles. The van der Waals surface area contributed by atoms with Crippen molar-refractivity contribution in [2.75, 3.05) is 4.90 Å². The summed E-state index contributed by atoms with van der Waals surface area (Å²) >= 11 is 3.16. The lowest BCUT2D eigenvalue weighted by molar-refractivity contribution is 0.466. The third-order valence-electron chi connectivity index (χ3n) is 5.06. The third-order valence-corrected chi connectivity index (χ3v) is 5.52. The predicted molar refractivity (Wildman–Crippen MR) is 106 cm³/mol. The van der Waals surface area contributed by atoms with Crippen LogP contribution in [0.5, 0.6) is 5.75 Å². The molecule has 3 aromatic rings. The minimum atomic E-state index is -0.625. The number of nitrogens with zero attached hydrogens (tertiary/aromatic N) is 1. The average Bonchev–Trinajstić information content (AvgIpc) is 2.61. The maximum absolute atomic E-state index is 14.9. The van der Waals surface area contributed by atoms with E-state index in [0.717, 1.165) is 16.8 Å². The van der Waals surface area contributed by atoms with Gasteiger partial charge in [0.25, 0.3) is 0 Å². The van der Waals surface area contributed by atoms with Crippen molar-refractivity contribution in [1.82, 2.24) is 0 Å². The second-order valence-electron chi connectivity index (χ2n) is 6.86. The van der Waals surface area contributed by atoms with E-state index in [-0.39, 0.29) is 17.4 Å². The number of halogens is 3. The summed E-state index contributed by atoms with van der Waals surface area (Å²) in [6, 6.07) is 16.6. The zero-order valence-electron chi connectivity index (χ0n) is 14.7. The van der Waals surface area contributed by atoms with Crippen LogP contribution >= 0.6 is 15.9 Å². The molecule has 5 heteroatoms. The molecular weight excluding hydrogens is 412 g/mol. The SMILES string of the molecule is CC1Cc2cc(O)ccc2[C@H](c2c(F)cc(Br)cc2F)N1c1ccccc1. The number of hydrogen-bond donors (Lipinski definition) is 1. The molecule has 0 aliphatic carbocycles. The van der Waals surface area contributed by atoms with Crippen LogP contribution in [0.2, 0.25) is 0 Å². The molecule has 1 aliphatic rings. The highest BCUT2D eigenvalue weighted by molar-refractivity contribution is 9.10. The molecule has 3 aromatic carbocycles. The number of aromatic hydroxyl groups is 1. The normalized spacial score (nSPS) is 19.0. The van der Waals surface area contributed by atoms with Crippen LogP contribution in [-0.2, 0) is 6.42 Å². The molecule has 4 rings (SSSR count). The summed E-state index contributed by atoms with van der Waals surface area (Å²) in [5, 5.41) is 9.89. The molecule has 2 atom stereocenters. The van der Waals surface area contributed by atoms with Gasteiger partial charge in [-0.1, -0.05) is 40.2 Å². The van der Waals surface area contributed by atoms with Crippen LogP contribution in [0.3, 0.4) is 0 Å². The number of rotatable bonds is 2. The largest absolute Gasteiger partial charge is 0.508 e. The quantitative estimate of drug-likeness (QED) is 0.541. The summed E-state index contributed by atoms with van der Waals surface area (Å²) in [7, 11) is 0. The fourth-order valence-electron chi connectivity index (χ4n) is 3.97. The zero-order valence-corrected chi connectivity index (χ0v) is 16.2. The van der Waals surface area contributed by atoms with E-state index in [1.54, 1.807) is 18.2 Å². The second kappa shape index (κ2) is 6.97. The van der Waals surface area contributed by atoms with E-state index >= 15 is 0 Å². The Hall–Kier alpha value is -2.40. The number of para-hydroxylation sites is 1. The predicted octanol–water partition coefficient (Wildman–Crippen LogP) is 5.97. The van der Waals surface area contributed by atoms with Crippen LogP contribution in [0.25, 0.3) is 0 Å². The van der Waals surface area contributed by atoms with Gasteiger partial charge in [0, 0.05) is 16.2 Å². The monoisotopic (exact) mass is 429 g/mol. The summed E-state index contributed by atoms with van der Waals surface area (Å²) in [5.74, 6) is -1.04. The third kappa shape index (κ3) is 3.21. The summed E-state index contributed by atoms with van der Waals surface area (Å²) in [6.45, 7) is 2.03. The highest BCUT2D eigenvalue weighted by Gasteiger charge is 2.36. The Bertz CT molecular complexity index is 970. The van der Waals surface area contributed by atoms with Gasteiger partial charge in [-0.3, -0.25) is 0 Å². The number of anilines is 1. The van der Waals surface area contributed by atoms with Crippen LogP contribution in [0, 0.1) is 11.6 Å². The summed E-state index contributed by atoms with van der Waals surface area (Å²) in [4.78, 5) is 2.05. The van der Waals surface area contributed by atoms with Gasteiger partial charge in [0.2, 0.25) is 0 Å². The van der Waals surface area contributed by atoms with Gasteiger partial charge in [0.05, 0.1) is 11.6 Å². The Kier molecular flexibility index (Phi) is 4.64. The topological polar surface area (TPSA) is 23.5 Å². The molecule has 0 bridgehead atoms. The molecule has 0 spiro atoms. The lowest BCUT2D eigenvalue weighted by Crippen LogP contribution is -2.43. The maximum Gasteiger partial charge on any atom is 0.132 e. The summed E-state index contributed by atoms with van der Waals surface area (Å²) in [6.07, 6.45) is 0.675. The van der Waals surface area contributed by atoms with E-state index in [9.17, 15) is 13.9 Å². The number of benzene rings is 3. The molecule has 2 nitrogen and oxygen atoms in total.